The van der Waals surface area contributed by atoms with Crippen molar-refractivity contribution in [2.45, 2.75) is 20.3 Å². The molecule has 0 aromatic heterocycles. The number of hydrogen-bond acceptors (Lipinski definition) is 3. The zero-order valence-corrected chi connectivity index (χ0v) is 10.1. The van der Waals surface area contributed by atoms with E-state index in [2.05, 4.69) is 10.3 Å². The van der Waals surface area contributed by atoms with Crippen molar-refractivity contribution in [3.05, 3.63) is 29.3 Å². The number of anilines is 1. The van der Waals surface area contributed by atoms with Gasteiger partial charge in [0.15, 0.2) is 0 Å². The molecule has 1 N–H and O–H groups in total. The van der Waals surface area contributed by atoms with Crippen LogP contribution in [0, 0.1) is 0 Å². The van der Waals surface area contributed by atoms with Crippen LogP contribution in [0.2, 0.25) is 0 Å². The number of nitrogens with zero attached hydrogens (tertiary/aromatic N) is 1. The Morgan fingerprint density at radius 2 is 2.35 bits per heavy atom. The summed E-state index contributed by atoms with van der Waals surface area (Å²) in [5, 5.41) is 2.71. The van der Waals surface area contributed by atoms with Crippen LogP contribution in [0.1, 0.15) is 25.0 Å². The molecule has 1 amide bonds. The third-order valence-corrected chi connectivity index (χ3v) is 2.75. The lowest BCUT2D eigenvalue weighted by Crippen LogP contribution is -2.15. The third-order valence-electron chi connectivity index (χ3n) is 2.75. The molecule has 90 valence electrons. The Morgan fingerprint density at radius 3 is 3.12 bits per heavy atom. The van der Waals surface area contributed by atoms with Gasteiger partial charge in [-0.1, -0.05) is 6.07 Å². The monoisotopic (exact) mass is 232 g/mol. The fraction of sp³-hybridized carbons (Fsp3) is 0.385. The topological polar surface area (TPSA) is 50.7 Å². The van der Waals surface area contributed by atoms with Gasteiger partial charge in [0.2, 0.25) is 0 Å². The first-order chi connectivity index (χ1) is 8.20. The molecule has 0 aliphatic carbocycles. The van der Waals surface area contributed by atoms with Gasteiger partial charge in [-0.3, -0.25) is 10.3 Å². The number of hydrogen-bond donors (Lipinski definition) is 1. The number of carbonyl (C=O) groups is 1. The number of aliphatic imine (C=N–C) groups is 1. The zero-order chi connectivity index (χ0) is 12.3. The molecule has 0 atom stereocenters. The van der Waals surface area contributed by atoms with E-state index in [0.29, 0.717) is 6.61 Å². The van der Waals surface area contributed by atoms with Crippen LogP contribution in [0.3, 0.4) is 0 Å². The Labute approximate surface area is 101 Å². The number of nitrogens with one attached hydrogen (secondary N) is 1. The number of ether oxygens (including phenoxy) is 1. The Morgan fingerprint density at radius 1 is 1.53 bits per heavy atom. The molecule has 0 radical (unpaired) electrons. The second-order valence-corrected chi connectivity index (χ2v) is 3.93. The largest absolute Gasteiger partial charge is 0.450 e. The van der Waals surface area contributed by atoms with Gasteiger partial charge in [-0.2, -0.15) is 0 Å². The van der Waals surface area contributed by atoms with Crippen LogP contribution < -0.4 is 5.32 Å². The van der Waals surface area contributed by atoms with E-state index in [1.165, 1.54) is 11.1 Å². The minimum absolute atomic E-state index is 0.378. The van der Waals surface area contributed by atoms with Gasteiger partial charge >= 0.3 is 6.09 Å². The molecular weight excluding hydrogens is 216 g/mol. The Balaban J connectivity index is 2.17. The lowest BCUT2D eigenvalue weighted by atomic mass is 9.98. The Bertz CT molecular complexity index is 466. The summed E-state index contributed by atoms with van der Waals surface area (Å²) in [5.41, 5.74) is 4.24. The fourth-order valence-electron chi connectivity index (χ4n) is 1.95. The van der Waals surface area contributed by atoms with E-state index in [1.807, 2.05) is 25.1 Å². The van der Waals surface area contributed by atoms with Gasteiger partial charge in [0.25, 0.3) is 0 Å². The van der Waals surface area contributed by atoms with Crippen molar-refractivity contribution in [2.75, 3.05) is 18.5 Å². The van der Waals surface area contributed by atoms with Gasteiger partial charge < -0.3 is 4.74 Å². The maximum Gasteiger partial charge on any atom is 0.411 e. The predicted octanol–water partition coefficient (Wildman–Crippen LogP) is 2.62. The van der Waals surface area contributed by atoms with E-state index in [-0.39, 0.29) is 0 Å². The summed E-state index contributed by atoms with van der Waals surface area (Å²) in [7, 11) is 0. The number of carbonyl (C=O) groups excluding carboxylic acids is 1. The molecule has 1 aliphatic heterocycles. The van der Waals surface area contributed by atoms with Crippen LogP contribution in [-0.2, 0) is 11.2 Å². The van der Waals surface area contributed by atoms with E-state index in [1.54, 1.807) is 6.92 Å². The van der Waals surface area contributed by atoms with Crippen molar-refractivity contribution in [1.29, 1.82) is 0 Å². The molecule has 0 saturated carbocycles. The van der Waals surface area contributed by atoms with Gasteiger partial charge in [-0.25, -0.2) is 4.79 Å². The SMILES string of the molecule is CCOC(=O)Nc1ccc2c(c1)CCN=C2C. The second kappa shape index (κ2) is 4.99. The molecule has 0 bridgehead atoms. The average Bonchev–Trinajstić information content (AvgIpc) is 2.29. The summed E-state index contributed by atoms with van der Waals surface area (Å²) in [6, 6.07) is 5.86. The quantitative estimate of drug-likeness (QED) is 0.852. The smallest absolute Gasteiger partial charge is 0.411 e. The maximum absolute atomic E-state index is 11.3. The first kappa shape index (κ1) is 11.6. The maximum atomic E-state index is 11.3. The van der Waals surface area contributed by atoms with Gasteiger partial charge in [-0.05, 0) is 43.5 Å². The van der Waals surface area contributed by atoms with E-state index < -0.39 is 6.09 Å². The third kappa shape index (κ3) is 2.64. The molecule has 17 heavy (non-hydrogen) atoms. The summed E-state index contributed by atoms with van der Waals surface area (Å²) in [6.45, 7) is 4.99. The molecule has 1 aliphatic rings. The van der Waals surface area contributed by atoms with E-state index >= 15 is 0 Å². The molecule has 0 unspecified atom stereocenters. The summed E-state index contributed by atoms with van der Waals surface area (Å²) in [6.07, 6.45) is 0.513. The van der Waals surface area contributed by atoms with Crippen molar-refractivity contribution in [2.24, 2.45) is 4.99 Å². The lowest BCUT2D eigenvalue weighted by molar-refractivity contribution is 0.168. The second-order valence-electron chi connectivity index (χ2n) is 3.93. The number of rotatable bonds is 2. The molecule has 4 heteroatoms. The van der Waals surface area contributed by atoms with Crippen LogP contribution >= 0.6 is 0 Å². The first-order valence-corrected chi connectivity index (χ1v) is 5.79. The van der Waals surface area contributed by atoms with Crippen LogP contribution in [-0.4, -0.2) is 25.0 Å². The minimum atomic E-state index is -0.409. The van der Waals surface area contributed by atoms with E-state index in [9.17, 15) is 4.79 Å². The molecular formula is C13H16N2O2. The molecule has 1 aromatic carbocycles. The Kier molecular flexibility index (Phi) is 3.42. The molecule has 4 nitrogen and oxygen atoms in total. The number of benzene rings is 1. The van der Waals surface area contributed by atoms with Gasteiger partial charge in [0.1, 0.15) is 0 Å². The van der Waals surface area contributed by atoms with Crippen LogP contribution in [0.4, 0.5) is 10.5 Å². The molecule has 2 rings (SSSR count). The molecule has 1 aromatic rings. The number of amides is 1. The highest BCUT2D eigenvalue weighted by atomic mass is 16.5. The summed E-state index contributed by atoms with van der Waals surface area (Å²) >= 11 is 0. The van der Waals surface area contributed by atoms with Crippen molar-refractivity contribution in [3.8, 4) is 0 Å². The van der Waals surface area contributed by atoms with Crippen molar-refractivity contribution in [1.82, 2.24) is 0 Å². The highest BCUT2D eigenvalue weighted by Gasteiger charge is 2.11. The molecule has 1 heterocycles. The average molecular weight is 232 g/mol. The standard InChI is InChI=1S/C13H16N2O2/c1-3-17-13(16)15-11-4-5-12-9(2)14-7-6-10(12)8-11/h4-5,8H,3,6-7H2,1-2H3,(H,15,16). The van der Waals surface area contributed by atoms with E-state index in [4.69, 9.17) is 4.74 Å². The van der Waals surface area contributed by atoms with Gasteiger partial charge in [-0.15, -0.1) is 0 Å². The lowest BCUT2D eigenvalue weighted by Gasteiger charge is -2.15. The predicted molar refractivity (Wildman–Crippen MR) is 67.9 cm³/mol. The van der Waals surface area contributed by atoms with Crippen LogP contribution in [0.5, 0.6) is 0 Å². The highest BCUT2D eigenvalue weighted by Crippen LogP contribution is 2.20. The zero-order valence-electron chi connectivity index (χ0n) is 10.1. The first-order valence-electron chi connectivity index (χ1n) is 5.79. The molecule has 0 saturated heterocycles. The summed E-state index contributed by atoms with van der Waals surface area (Å²) < 4.78 is 4.84. The van der Waals surface area contributed by atoms with Crippen LogP contribution in [0.25, 0.3) is 0 Å². The highest BCUT2D eigenvalue weighted by molar-refractivity contribution is 6.01. The van der Waals surface area contributed by atoms with Gasteiger partial charge in [0, 0.05) is 17.9 Å². The van der Waals surface area contributed by atoms with Crippen molar-refractivity contribution in [3.63, 3.8) is 0 Å². The fourth-order valence-corrected chi connectivity index (χ4v) is 1.95. The molecule has 0 fully saturated rings. The molecule has 0 spiro atoms. The van der Waals surface area contributed by atoms with Crippen LogP contribution in [0.15, 0.2) is 23.2 Å². The normalized spacial score (nSPS) is 13.6. The number of fused-ring (bicyclic) bond motifs is 1. The summed E-state index contributed by atoms with van der Waals surface area (Å²) in [5.74, 6) is 0. The Hall–Kier alpha value is -1.84. The summed E-state index contributed by atoms with van der Waals surface area (Å²) in [4.78, 5) is 15.7. The van der Waals surface area contributed by atoms with Gasteiger partial charge in [0.05, 0.1) is 6.61 Å². The minimum Gasteiger partial charge on any atom is -0.450 e. The van der Waals surface area contributed by atoms with Crippen molar-refractivity contribution >= 4 is 17.5 Å². The van der Waals surface area contributed by atoms with E-state index in [0.717, 1.165) is 24.4 Å². The van der Waals surface area contributed by atoms with Crippen molar-refractivity contribution < 1.29 is 9.53 Å².